The van der Waals surface area contributed by atoms with Crippen molar-refractivity contribution in [1.29, 1.82) is 0 Å². The number of cyclic esters (lactones) is 1. The van der Waals surface area contributed by atoms with Crippen LogP contribution in [0.1, 0.15) is 10.6 Å². The Hall–Kier alpha value is -3.76. The van der Waals surface area contributed by atoms with Crippen LogP contribution in [0, 0.1) is 6.92 Å². The van der Waals surface area contributed by atoms with E-state index in [1.54, 1.807) is 13.2 Å². The minimum absolute atomic E-state index is 0.332. The lowest BCUT2D eigenvalue weighted by molar-refractivity contribution is 0.159. The first-order valence-electron chi connectivity index (χ1n) is 10.5. The van der Waals surface area contributed by atoms with E-state index in [1.807, 2.05) is 49.4 Å². The van der Waals surface area contributed by atoms with Gasteiger partial charge in [-0.15, -0.1) is 10.2 Å². The van der Waals surface area contributed by atoms with Crippen molar-refractivity contribution in [2.75, 3.05) is 29.2 Å². The van der Waals surface area contributed by atoms with E-state index in [-0.39, 0.29) is 6.09 Å². The van der Waals surface area contributed by atoms with Gasteiger partial charge in [0.05, 0.1) is 24.2 Å². The van der Waals surface area contributed by atoms with E-state index in [0.717, 1.165) is 38.2 Å². The average molecular weight is 494 g/mol. The Morgan fingerprint density at radius 1 is 1.15 bits per heavy atom. The topological polar surface area (TPSA) is 105 Å². The molecule has 0 bridgehead atoms. The molecular weight excluding hydrogens is 474 g/mol. The maximum absolute atomic E-state index is 11.9. The summed E-state index contributed by atoms with van der Waals surface area (Å²) in [5, 5.41) is 17.0. The summed E-state index contributed by atoms with van der Waals surface area (Å²) in [4.78, 5) is 22.3. The number of aryl methyl sites for hydroxylation is 1. The number of halogens is 1. The number of ether oxygens (including phenoxy) is 1. The van der Waals surface area contributed by atoms with Crippen molar-refractivity contribution in [2.45, 2.75) is 13.3 Å². The van der Waals surface area contributed by atoms with Crippen LogP contribution in [0.25, 0.3) is 10.6 Å². The molecule has 0 saturated heterocycles. The third-order valence-electron chi connectivity index (χ3n) is 5.25. The van der Waals surface area contributed by atoms with Crippen molar-refractivity contribution in [3.63, 3.8) is 0 Å². The van der Waals surface area contributed by atoms with Crippen molar-refractivity contribution in [3.05, 3.63) is 64.3 Å². The van der Waals surface area contributed by atoms with E-state index in [0.29, 0.717) is 29.8 Å². The Morgan fingerprint density at radius 2 is 2.00 bits per heavy atom. The highest BCUT2D eigenvalue weighted by molar-refractivity contribution is 7.14. The van der Waals surface area contributed by atoms with Crippen molar-refractivity contribution in [1.82, 2.24) is 20.2 Å². The van der Waals surface area contributed by atoms with Gasteiger partial charge in [-0.3, -0.25) is 4.90 Å². The number of carbonyl (C=O) groups is 1. The molecule has 2 aromatic carbocycles. The number of nitrogens with zero attached hydrogens (tertiary/aromatic N) is 5. The lowest BCUT2D eigenvalue weighted by Gasteiger charge is -2.17. The molecule has 0 aliphatic carbocycles. The Bertz CT molecular complexity index is 1380. The Balaban J connectivity index is 1.41. The van der Waals surface area contributed by atoms with Crippen LogP contribution in [0.5, 0.6) is 0 Å². The van der Waals surface area contributed by atoms with Crippen LogP contribution in [0.4, 0.5) is 33.6 Å². The quantitative estimate of drug-likeness (QED) is 0.371. The van der Waals surface area contributed by atoms with Crippen LogP contribution < -0.4 is 15.5 Å². The molecule has 4 aromatic rings. The molecule has 0 atom stereocenters. The number of anilines is 5. The highest BCUT2D eigenvalue weighted by atomic mass is 35.5. The van der Waals surface area contributed by atoms with Gasteiger partial charge in [0.15, 0.2) is 5.82 Å². The van der Waals surface area contributed by atoms with E-state index >= 15 is 0 Å². The molecule has 1 aliphatic rings. The zero-order valence-corrected chi connectivity index (χ0v) is 19.9. The summed E-state index contributed by atoms with van der Waals surface area (Å²) in [5.41, 5.74) is 4.31. The van der Waals surface area contributed by atoms with Crippen LogP contribution in [0.3, 0.4) is 0 Å². The number of fused-ring (bicyclic) bond motifs is 1. The zero-order chi connectivity index (χ0) is 23.7. The maximum atomic E-state index is 11.9. The number of carbonyl (C=O) groups excluding carboxylic acids is 1. The summed E-state index contributed by atoms with van der Waals surface area (Å²) in [7, 11) is 1.70. The minimum Gasteiger partial charge on any atom is -0.449 e. The molecule has 1 aliphatic heterocycles. The number of rotatable bonds is 5. The molecule has 0 fully saturated rings. The first-order valence-corrected chi connectivity index (χ1v) is 11.7. The van der Waals surface area contributed by atoms with Gasteiger partial charge < -0.3 is 15.4 Å². The third kappa shape index (κ3) is 4.50. The smallest absolute Gasteiger partial charge is 0.414 e. The van der Waals surface area contributed by atoms with Gasteiger partial charge in [0.25, 0.3) is 0 Å². The molecule has 172 valence electrons. The molecule has 2 N–H and O–H groups in total. The molecule has 3 heterocycles. The average Bonchev–Trinajstić information content (AvgIpc) is 3.21. The third-order valence-corrected chi connectivity index (χ3v) is 6.40. The van der Waals surface area contributed by atoms with Gasteiger partial charge in [-0.05, 0) is 42.8 Å². The first kappa shape index (κ1) is 22.1. The normalized spacial score (nSPS) is 13.1. The second-order valence-electron chi connectivity index (χ2n) is 7.58. The highest BCUT2D eigenvalue weighted by Gasteiger charge is 2.20. The van der Waals surface area contributed by atoms with E-state index in [1.165, 1.54) is 16.2 Å². The molecule has 1 amide bonds. The van der Waals surface area contributed by atoms with Crippen LogP contribution >= 0.6 is 22.9 Å². The van der Waals surface area contributed by atoms with Crippen LogP contribution in [0.2, 0.25) is 5.02 Å². The number of aromatic nitrogens is 4. The van der Waals surface area contributed by atoms with E-state index in [2.05, 4.69) is 30.8 Å². The van der Waals surface area contributed by atoms with E-state index < -0.39 is 0 Å². The van der Waals surface area contributed by atoms with Crippen LogP contribution in [-0.2, 0) is 11.2 Å². The Morgan fingerprint density at radius 3 is 2.82 bits per heavy atom. The largest absolute Gasteiger partial charge is 0.449 e. The summed E-state index contributed by atoms with van der Waals surface area (Å²) in [5.74, 6) is 0.840. The second kappa shape index (κ2) is 9.24. The number of para-hydroxylation sites is 1. The van der Waals surface area contributed by atoms with Crippen LogP contribution in [-0.4, -0.2) is 39.9 Å². The fraction of sp³-hybridized carbons (Fsp3) is 0.174. The van der Waals surface area contributed by atoms with E-state index in [9.17, 15) is 4.79 Å². The van der Waals surface area contributed by atoms with Gasteiger partial charge in [-0.1, -0.05) is 35.1 Å². The number of amides is 1. The predicted molar refractivity (Wildman–Crippen MR) is 134 cm³/mol. The Labute approximate surface area is 204 Å². The van der Waals surface area contributed by atoms with Crippen molar-refractivity contribution < 1.29 is 9.53 Å². The molecule has 5 rings (SSSR count). The standard InChI is InChI=1S/C23H20ClN7O2S/c1-13-29-30-21(34-13)16-5-3-4-6-18(16)27-20-17(24)12-25-22(28-20)26-15-7-8-19-14(11-15)9-10-33-23(32)31(19)2/h3-8,11-12H,9-10H2,1-2H3,(H2,25,26,27,28). The molecule has 0 spiro atoms. The molecule has 9 nitrogen and oxygen atoms in total. The maximum Gasteiger partial charge on any atom is 0.414 e. The van der Waals surface area contributed by atoms with Gasteiger partial charge >= 0.3 is 6.09 Å². The molecule has 34 heavy (non-hydrogen) atoms. The molecule has 0 unspecified atom stereocenters. The van der Waals surface area contributed by atoms with Crippen molar-refractivity contribution in [2.24, 2.45) is 0 Å². The molecule has 11 heteroatoms. The highest BCUT2D eigenvalue weighted by Crippen LogP contribution is 2.34. The summed E-state index contributed by atoms with van der Waals surface area (Å²) in [6.07, 6.45) is 1.80. The Kier molecular flexibility index (Phi) is 5.99. The number of hydrogen-bond donors (Lipinski definition) is 2. The fourth-order valence-corrected chi connectivity index (χ4v) is 4.46. The number of hydrogen-bond acceptors (Lipinski definition) is 9. The fourth-order valence-electron chi connectivity index (χ4n) is 3.59. The number of benzene rings is 2. The van der Waals surface area contributed by atoms with Gasteiger partial charge in [0.1, 0.15) is 15.0 Å². The molecular formula is C23H20ClN7O2S. The summed E-state index contributed by atoms with van der Waals surface area (Å²) in [6, 6.07) is 13.5. The summed E-state index contributed by atoms with van der Waals surface area (Å²) in [6.45, 7) is 2.25. The van der Waals surface area contributed by atoms with E-state index in [4.69, 9.17) is 16.3 Å². The van der Waals surface area contributed by atoms with Crippen molar-refractivity contribution >= 4 is 57.9 Å². The van der Waals surface area contributed by atoms with Gasteiger partial charge in [-0.25, -0.2) is 9.78 Å². The molecule has 2 aromatic heterocycles. The second-order valence-corrected chi connectivity index (χ2v) is 9.17. The van der Waals surface area contributed by atoms with Gasteiger partial charge in [0.2, 0.25) is 5.95 Å². The summed E-state index contributed by atoms with van der Waals surface area (Å²) < 4.78 is 5.20. The minimum atomic E-state index is -0.361. The predicted octanol–water partition coefficient (Wildman–Crippen LogP) is 5.57. The lowest BCUT2D eigenvalue weighted by atomic mass is 10.1. The SMILES string of the molecule is Cc1nnc(-c2ccccc2Nc2nc(Nc3ccc4c(c3)CCOC(=O)N4C)ncc2Cl)s1. The first-order chi connectivity index (χ1) is 16.5. The van der Waals surface area contributed by atoms with Crippen molar-refractivity contribution in [3.8, 4) is 10.6 Å². The van der Waals surface area contributed by atoms with Crippen LogP contribution in [0.15, 0.2) is 48.7 Å². The molecule has 0 radical (unpaired) electrons. The zero-order valence-electron chi connectivity index (χ0n) is 18.4. The van der Waals surface area contributed by atoms with Gasteiger partial charge in [-0.2, -0.15) is 4.98 Å². The molecule has 0 saturated carbocycles. The number of nitrogens with one attached hydrogen (secondary N) is 2. The lowest BCUT2D eigenvalue weighted by Crippen LogP contribution is -2.25. The van der Waals surface area contributed by atoms with Gasteiger partial charge in [0, 0.05) is 24.7 Å². The monoisotopic (exact) mass is 493 g/mol. The summed E-state index contributed by atoms with van der Waals surface area (Å²) >= 11 is 7.92.